The Morgan fingerprint density at radius 2 is 1.91 bits per heavy atom. The molecule has 0 aromatic rings. The van der Waals surface area contributed by atoms with Crippen LogP contribution < -0.4 is 5.11 Å². The Bertz CT molecular complexity index is 228. The van der Waals surface area contributed by atoms with Crippen LogP contribution in [0.3, 0.4) is 0 Å². The maximum atomic E-state index is 11.5. The van der Waals surface area contributed by atoms with E-state index in [2.05, 4.69) is 0 Å². The average molecular weight is 147 g/mol. The van der Waals surface area contributed by atoms with Crippen LogP contribution >= 0.6 is 0 Å². The molecular formula is C10H11O-. The van der Waals surface area contributed by atoms with Crippen molar-refractivity contribution in [3.63, 3.8) is 0 Å². The van der Waals surface area contributed by atoms with E-state index in [1.54, 1.807) is 0 Å². The van der Waals surface area contributed by atoms with E-state index in [1.165, 1.54) is 6.42 Å². The number of hydrogen-bond donors (Lipinski definition) is 0. The number of allylic oxidation sites excluding steroid dienone is 6. The molecule has 0 aromatic carbocycles. The van der Waals surface area contributed by atoms with Crippen LogP contribution in [0.5, 0.6) is 0 Å². The van der Waals surface area contributed by atoms with Crippen molar-refractivity contribution in [3.8, 4) is 0 Å². The quantitative estimate of drug-likeness (QED) is 0.516. The Labute approximate surface area is 66.7 Å². The lowest BCUT2D eigenvalue weighted by molar-refractivity contribution is -0.319. The van der Waals surface area contributed by atoms with Gasteiger partial charge in [0.1, 0.15) is 0 Å². The standard InChI is InChI=1S/C10H12O/c11-10(9-6-3-7-9)8-4-1-2-5-8/h1-2,4-5,9,11H,3,6-7H2/p-1. The van der Waals surface area contributed by atoms with E-state index in [9.17, 15) is 5.11 Å². The lowest BCUT2D eigenvalue weighted by atomic mass is 9.82. The predicted octanol–water partition coefficient (Wildman–Crippen LogP) is 1.53. The van der Waals surface area contributed by atoms with Gasteiger partial charge in [0.15, 0.2) is 0 Å². The molecule has 2 aliphatic carbocycles. The molecule has 58 valence electrons. The van der Waals surface area contributed by atoms with Gasteiger partial charge < -0.3 is 5.11 Å². The fourth-order valence-electron chi connectivity index (χ4n) is 1.44. The zero-order valence-electron chi connectivity index (χ0n) is 6.42. The summed E-state index contributed by atoms with van der Waals surface area (Å²) in [5, 5.41) is 11.5. The summed E-state index contributed by atoms with van der Waals surface area (Å²) >= 11 is 0. The summed E-state index contributed by atoms with van der Waals surface area (Å²) < 4.78 is 0. The topological polar surface area (TPSA) is 23.1 Å². The molecule has 0 N–H and O–H groups in total. The van der Waals surface area contributed by atoms with Crippen LogP contribution in [0.4, 0.5) is 0 Å². The molecule has 11 heavy (non-hydrogen) atoms. The van der Waals surface area contributed by atoms with Gasteiger partial charge in [-0.05, 0) is 24.3 Å². The highest BCUT2D eigenvalue weighted by molar-refractivity contribution is 5.42. The molecule has 0 aliphatic heterocycles. The van der Waals surface area contributed by atoms with E-state index in [-0.39, 0.29) is 0 Å². The summed E-state index contributed by atoms with van der Waals surface area (Å²) in [7, 11) is 0. The summed E-state index contributed by atoms with van der Waals surface area (Å²) in [4.78, 5) is 0. The third-order valence-corrected chi connectivity index (χ3v) is 2.42. The van der Waals surface area contributed by atoms with Crippen LogP contribution in [0, 0.1) is 5.92 Å². The van der Waals surface area contributed by atoms with Crippen molar-refractivity contribution in [2.24, 2.45) is 5.92 Å². The van der Waals surface area contributed by atoms with E-state index in [0.29, 0.717) is 11.7 Å². The minimum atomic E-state index is 0.345. The minimum Gasteiger partial charge on any atom is -0.875 e. The van der Waals surface area contributed by atoms with Crippen molar-refractivity contribution >= 4 is 0 Å². The second kappa shape index (κ2) is 2.57. The smallest absolute Gasteiger partial charge is 0.0300 e. The van der Waals surface area contributed by atoms with Gasteiger partial charge in [-0.1, -0.05) is 30.7 Å². The lowest BCUT2D eigenvalue weighted by Gasteiger charge is -2.33. The van der Waals surface area contributed by atoms with E-state index in [0.717, 1.165) is 18.4 Å². The van der Waals surface area contributed by atoms with Gasteiger partial charge in [-0.25, -0.2) is 0 Å². The average Bonchev–Trinajstić information content (AvgIpc) is 2.32. The van der Waals surface area contributed by atoms with Gasteiger partial charge in [-0.2, -0.15) is 0 Å². The summed E-state index contributed by atoms with van der Waals surface area (Å²) in [5.74, 6) is 0.693. The lowest BCUT2D eigenvalue weighted by Crippen LogP contribution is -2.23. The van der Waals surface area contributed by atoms with E-state index in [1.807, 2.05) is 24.3 Å². The predicted molar refractivity (Wildman–Crippen MR) is 42.6 cm³/mol. The monoisotopic (exact) mass is 147 g/mol. The molecule has 0 radical (unpaired) electrons. The Kier molecular flexibility index (Phi) is 1.57. The molecule has 2 rings (SSSR count). The first-order valence-electron chi connectivity index (χ1n) is 4.14. The molecule has 0 atom stereocenters. The van der Waals surface area contributed by atoms with E-state index in [4.69, 9.17) is 0 Å². The maximum Gasteiger partial charge on any atom is -0.0300 e. The normalized spacial score (nSPS) is 22.4. The van der Waals surface area contributed by atoms with Gasteiger partial charge in [-0.15, -0.1) is 5.76 Å². The van der Waals surface area contributed by atoms with Crippen molar-refractivity contribution in [2.45, 2.75) is 19.3 Å². The first-order valence-corrected chi connectivity index (χ1v) is 4.14. The van der Waals surface area contributed by atoms with Crippen LogP contribution in [-0.2, 0) is 0 Å². The largest absolute Gasteiger partial charge is 0.875 e. The molecule has 0 amide bonds. The molecule has 0 aromatic heterocycles. The molecule has 1 nitrogen and oxygen atoms in total. The Morgan fingerprint density at radius 1 is 1.27 bits per heavy atom. The summed E-state index contributed by atoms with van der Waals surface area (Å²) in [5.41, 5.74) is 0.898. The highest BCUT2D eigenvalue weighted by Crippen LogP contribution is 2.32. The van der Waals surface area contributed by atoms with Gasteiger partial charge in [0.25, 0.3) is 0 Å². The van der Waals surface area contributed by atoms with Crippen molar-refractivity contribution < 1.29 is 5.11 Å². The van der Waals surface area contributed by atoms with Crippen LogP contribution in [0.15, 0.2) is 35.6 Å². The molecule has 0 bridgehead atoms. The van der Waals surface area contributed by atoms with Gasteiger partial charge in [0, 0.05) is 0 Å². The molecule has 2 aliphatic rings. The van der Waals surface area contributed by atoms with Crippen LogP contribution in [0.1, 0.15) is 19.3 Å². The highest BCUT2D eigenvalue weighted by atomic mass is 16.3. The third-order valence-electron chi connectivity index (χ3n) is 2.42. The second-order valence-corrected chi connectivity index (χ2v) is 3.17. The molecule has 0 unspecified atom stereocenters. The molecule has 1 heteroatoms. The number of hydrogen-bond acceptors (Lipinski definition) is 1. The van der Waals surface area contributed by atoms with Crippen molar-refractivity contribution in [1.29, 1.82) is 0 Å². The second-order valence-electron chi connectivity index (χ2n) is 3.17. The number of rotatable bonds is 1. The van der Waals surface area contributed by atoms with Crippen LogP contribution in [-0.4, -0.2) is 0 Å². The van der Waals surface area contributed by atoms with Gasteiger partial charge >= 0.3 is 0 Å². The van der Waals surface area contributed by atoms with Crippen molar-refractivity contribution in [2.75, 3.05) is 0 Å². The Balaban J connectivity index is 2.17. The molecule has 1 saturated carbocycles. The highest BCUT2D eigenvalue weighted by Gasteiger charge is 2.17. The first-order chi connectivity index (χ1) is 5.38. The Hall–Kier alpha value is -0.980. The van der Waals surface area contributed by atoms with Crippen LogP contribution in [0.2, 0.25) is 0 Å². The van der Waals surface area contributed by atoms with Crippen LogP contribution in [0.25, 0.3) is 0 Å². The molecular weight excluding hydrogens is 136 g/mol. The molecule has 1 fully saturated rings. The van der Waals surface area contributed by atoms with E-state index >= 15 is 0 Å². The summed E-state index contributed by atoms with van der Waals surface area (Å²) in [6, 6.07) is 0. The maximum absolute atomic E-state index is 11.5. The van der Waals surface area contributed by atoms with Gasteiger partial charge in [0.2, 0.25) is 0 Å². The fourth-order valence-corrected chi connectivity index (χ4v) is 1.44. The van der Waals surface area contributed by atoms with E-state index < -0.39 is 0 Å². The fraction of sp³-hybridized carbons (Fsp3) is 0.400. The van der Waals surface area contributed by atoms with Gasteiger partial charge in [0.05, 0.1) is 0 Å². The van der Waals surface area contributed by atoms with Crippen molar-refractivity contribution in [1.82, 2.24) is 0 Å². The molecule has 0 spiro atoms. The van der Waals surface area contributed by atoms with Gasteiger partial charge in [-0.3, -0.25) is 0 Å². The molecule has 0 saturated heterocycles. The zero-order valence-corrected chi connectivity index (χ0v) is 6.42. The summed E-state index contributed by atoms with van der Waals surface area (Å²) in [6.45, 7) is 0. The van der Waals surface area contributed by atoms with Crippen molar-refractivity contribution in [3.05, 3.63) is 35.6 Å². The minimum absolute atomic E-state index is 0.345. The summed E-state index contributed by atoms with van der Waals surface area (Å²) in [6.07, 6.45) is 11.1. The Morgan fingerprint density at radius 3 is 2.36 bits per heavy atom. The third kappa shape index (κ3) is 1.11. The SMILES string of the molecule is [O-]C(=C1C=CC=C1)C1CCC1. The first kappa shape index (κ1) is 6.71. The molecule has 0 heterocycles. The zero-order chi connectivity index (χ0) is 7.68.